The van der Waals surface area contributed by atoms with Crippen molar-refractivity contribution < 1.29 is 24.0 Å². The molecule has 15 nitrogen and oxygen atoms in total. The molecule has 0 aliphatic rings. The number of nitro benzene ring substituents is 1. The van der Waals surface area contributed by atoms with Crippen LogP contribution in [0.3, 0.4) is 0 Å². The molecule has 4 aromatic rings. The minimum absolute atomic E-state index is 0.0542. The Morgan fingerprint density at radius 2 is 2.02 bits per heavy atom. The third-order valence-electron chi connectivity index (χ3n) is 6.12. The number of nitrogens with zero attached hydrogens (tertiary/aromatic N) is 6. The van der Waals surface area contributed by atoms with Crippen LogP contribution in [0, 0.1) is 17.0 Å². The Bertz CT molecular complexity index is 1640. The highest BCUT2D eigenvalue weighted by Crippen LogP contribution is 2.36. The van der Waals surface area contributed by atoms with Crippen molar-refractivity contribution in [3.63, 3.8) is 0 Å². The number of nitro groups is 1. The summed E-state index contributed by atoms with van der Waals surface area (Å²) in [4.78, 5) is 44.9. The van der Waals surface area contributed by atoms with Crippen molar-refractivity contribution in [2.24, 2.45) is 5.73 Å². The lowest BCUT2D eigenvalue weighted by Gasteiger charge is -2.14. The third-order valence-corrected chi connectivity index (χ3v) is 6.12. The van der Waals surface area contributed by atoms with Crippen molar-refractivity contribution in [1.82, 2.24) is 24.3 Å². The molecule has 0 aliphatic carbocycles. The summed E-state index contributed by atoms with van der Waals surface area (Å²) in [6, 6.07) is 7.70. The quantitative estimate of drug-likeness (QED) is 0.0868. The van der Waals surface area contributed by atoms with Gasteiger partial charge in [-0.05, 0) is 38.1 Å². The summed E-state index contributed by atoms with van der Waals surface area (Å²) in [5.41, 5.74) is 7.34. The molecule has 1 aromatic carbocycles. The summed E-state index contributed by atoms with van der Waals surface area (Å²) in [5, 5.41) is 22.0. The number of amides is 2. The zero-order valence-electron chi connectivity index (χ0n) is 23.4. The first-order valence-corrected chi connectivity index (χ1v) is 13.0. The Morgan fingerprint density at radius 1 is 1.21 bits per heavy atom. The van der Waals surface area contributed by atoms with Gasteiger partial charge in [-0.25, -0.2) is 9.97 Å². The number of primary amides is 1. The molecule has 0 fully saturated rings. The number of anilines is 2. The molecule has 2 amide bonds. The molecule has 3 heterocycles. The number of nitrogens with one attached hydrogen (secondary N) is 2. The van der Waals surface area contributed by atoms with Crippen molar-refractivity contribution in [3.8, 4) is 5.75 Å². The van der Waals surface area contributed by atoms with Gasteiger partial charge >= 0.3 is 0 Å². The number of aromatic nitrogens is 5. The molecule has 0 aliphatic heterocycles. The van der Waals surface area contributed by atoms with Crippen molar-refractivity contribution in [2.75, 3.05) is 37.5 Å². The van der Waals surface area contributed by atoms with E-state index in [-0.39, 0.29) is 54.9 Å². The fourth-order valence-electron chi connectivity index (χ4n) is 4.20. The Kier molecular flexibility index (Phi) is 9.44. The number of allylic oxidation sites excluding steroid dienone is 1. The van der Waals surface area contributed by atoms with Gasteiger partial charge in [-0.1, -0.05) is 12.2 Å². The second kappa shape index (κ2) is 13.4. The number of aryl methyl sites for hydroxylation is 2. The first-order chi connectivity index (χ1) is 20.2. The number of nitrogens with two attached hydrogens (primary N) is 1. The summed E-state index contributed by atoms with van der Waals surface area (Å²) in [7, 11) is 1.49. The van der Waals surface area contributed by atoms with Crippen LogP contribution >= 0.6 is 0 Å². The predicted octanol–water partition coefficient (Wildman–Crippen LogP) is 2.91. The monoisotopic (exact) mass is 577 g/mol. The van der Waals surface area contributed by atoms with Gasteiger partial charge in [-0.15, -0.1) is 0 Å². The minimum Gasteiger partial charge on any atom is -0.489 e. The minimum atomic E-state index is -0.820. The highest BCUT2D eigenvalue weighted by atomic mass is 16.6. The Balaban J connectivity index is 1.54. The van der Waals surface area contributed by atoms with Crippen molar-refractivity contribution in [3.05, 3.63) is 75.7 Å². The van der Waals surface area contributed by atoms with E-state index in [0.717, 1.165) is 11.8 Å². The number of pyridine rings is 1. The maximum absolute atomic E-state index is 13.1. The van der Waals surface area contributed by atoms with E-state index in [0.29, 0.717) is 29.4 Å². The second-order valence-corrected chi connectivity index (χ2v) is 9.02. The summed E-state index contributed by atoms with van der Waals surface area (Å²) in [6.45, 7) is 5.05. The van der Waals surface area contributed by atoms with Crippen molar-refractivity contribution in [2.45, 2.75) is 26.9 Å². The fraction of sp³-hybridized carbons (Fsp3) is 0.296. The van der Waals surface area contributed by atoms with E-state index < -0.39 is 10.8 Å². The molecular weight excluding hydrogens is 546 g/mol. The number of carbonyl (C=O) groups is 2. The SMILES string of the molecule is CCn1nc(C)cc1C(=O)Nc1nc2cccnc2n1CC=CCNc1c(OCCOC)cc(C(N)=O)cc1[N+](=O)[O-]. The summed E-state index contributed by atoms with van der Waals surface area (Å²) in [6.07, 6.45) is 5.18. The number of rotatable bonds is 14. The standard InChI is InChI=1S/C27H31N9O6/c1-4-35-21(14-17(2)33-35)26(38)32-27-31-19-8-7-10-30-25(19)34(27)11-6-5-9-29-23-20(36(39)40)15-18(24(28)37)16-22(23)42-13-12-41-3/h5-8,10,14-16,29H,4,9,11-13H2,1-3H3,(H2,28,37)(H,31,32,38). The van der Waals surface area contributed by atoms with Gasteiger partial charge in [0.2, 0.25) is 11.9 Å². The molecule has 4 rings (SSSR count). The van der Waals surface area contributed by atoms with E-state index in [1.54, 1.807) is 45.8 Å². The van der Waals surface area contributed by atoms with E-state index in [4.69, 9.17) is 15.2 Å². The molecule has 4 N–H and O–H groups in total. The van der Waals surface area contributed by atoms with Gasteiger partial charge in [0.15, 0.2) is 11.3 Å². The van der Waals surface area contributed by atoms with Crippen LogP contribution in [-0.2, 0) is 17.8 Å². The molecule has 0 atom stereocenters. The number of carbonyl (C=O) groups excluding carboxylic acids is 2. The Morgan fingerprint density at radius 3 is 2.74 bits per heavy atom. The Hall–Kier alpha value is -5.31. The second-order valence-electron chi connectivity index (χ2n) is 9.02. The maximum atomic E-state index is 13.1. The number of benzene rings is 1. The smallest absolute Gasteiger partial charge is 0.296 e. The normalized spacial score (nSPS) is 11.2. The van der Waals surface area contributed by atoms with Crippen LogP contribution in [0.15, 0.2) is 48.7 Å². The third kappa shape index (κ3) is 6.69. The molecule has 0 saturated carbocycles. The lowest BCUT2D eigenvalue weighted by molar-refractivity contribution is -0.384. The van der Waals surface area contributed by atoms with Gasteiger partial charge in [0.05, 0.1) is 17.2 Å². The lowest BCUT2D eigenvalue weighted by Crippen LogP contribution is -2.20. The van der Waals surface area contributed by atoms with Crippen LogP contribution in [0.4, 0.5) is 17.3 Å². The largest absolute Gasteiger partial charge is 0.489 e. The Labute approximate surface area is 240 Å². The molecule has 15 heteroatoms. The average molecular weight is 578 g/mol. The van der Waals surface area contributed by atoms with Gasteiger partial charge in [-0.2, -0.15) is 5.10 Å². The number of fused-ring (bicyclic) bond motifs is 1. The van der Waals surface area contributed by atoms with Crippen LogP contribution in [0.5, 0.6) is 5.75 Å². The first kappa shape index (κ1) is 29.7. The van der Waals surface area contributed by atoms with Crippen LogP contribution < -0.4 is 21.1 Å². The molecule has 0 radical (unpaired) electrons. The molecular formula is C27H31N9O6. The van der Waals surface area contributed by atoms with E-state index in [1.165, 1.54) is 13.2 Å². The van der Waals surface area contributed by atoms with Gasteiger partial charge in [0, 0.05) is 44.6 Å². The lowest BCUT2D eigenvalue weighted by atomic mass is 10.1. The van der Waals surface area contributed by atoms with E-state index in [1.807, 2.05) is 13.8 Å². The maximum Gasteiger partial charge on any atom is 0.296 e. The van der Waals surface area contributed by atoms with Crippen molar-refractivity contribution >= 4 is 40.3 Å². The number of ether oxygens (including phenoxy) is 2. The van der Waals surface area contributed by atoms with E-state index in [2.05, 4.69) is 25.7 Å². The van der Waals surface area contributed by atoms with E-state index in [9.17, 15) is 19.7 Å². The number of hydrogen-bond acceptors (Lipinski definition) is 10. The zero-order chi connectivity index (χ0) is 30.2. The molecule has 0 bridgehead atoms. The zero-order valence-corrected chi connectivity index (χ0v) is 23.4. The molecule has 220 valence electrons. The highest BCUT2D eigenvalue weighted by molar-refractivity contribution is 6.03. The van der Waals surface area contributed by atoms with Crippen LogP contribution in [-0.4, -0.2) is 67.9 Å². The number of methoxy groups -OCH3 is 1. The number of imidazole rings is 1. The average Bonchev–Trinajstić information content (AvgIpc) is 3.52. The highest BCUT2D eigenvalue weighted by Gasteiger charge is 2.23. The topological polar surface area (TPSA) is 194 Å². The fourth-order valence-corrected chi connectivity index (χ4v) is 4.20. The van der Waals surface area contributed by atoms with Crippen molar-refractivity contribution in [1.29, 1.82) is 0 Å². The van der Waals surface area contributed by atoms with E-state index >= 15 is 0 Å². The molecule has 0 spiro atoms. The predicted molar refractivity (Wildman–Crippen MR) is 155 cm³/mol. The van der Waals surface area contributed by atoms with Gasteiger partial charge in [0.1, 0.15) is 23.6 Å². The number of hydrogen-bond donors (Lipinski definition) is 3. The van der Waals surface area contributed by atoms with Gasteiger partial charge in [0.25, 0.3) is 11.6 Å². The molecule has 3 aromatic heterocycles. The van der Waals surface area contributed by atoms with Gasteiger partial charge in [-0.3, -0.25) is 34.3 Å². The van der Waals surface area contributed by atoms with Crippen LogP contribution in [0.25, 0.3) is 11.2 Å². The molecule has 0 unspecified atom stereocenters. The molecule has 0 saturated heterocycles. The molecule has 42 heavy (non-hydrogen) atoms. The summed E-state index contributed by atoms with van der Waals surface area (Å²) < 4.78 is 14.0. The first-order valence-electron chi connectivity index (χ1n) is 13.0. The van der Waals surface area contributed by atoms with Crippen LogP contribution in [0.2, 0.25) is 0 Å². The van der Waals surface area contributed by atoms with Crippen LogP contribution in [0.1, 0.15) is 33.5 Å². The summed E-state index contributed by atoms with van der Waals surface area (Å²) >= 11 is 0. The van der Waals surface area contributed by atoms with Gasteiger partial charge < -0.3 is 20.5 Å². The summed E-state index contributed by atoms with van der Waals surface area (Å²) in [5.74, 6) is -0.772.